The predicted molar refractivity (Wildman–Crippen MR) is 120 cm³/mol. The predicted octanol–water partition coefficient (Wildman–Crippen LogP) is 5.74. The Bertz CT molecular complexity index is 913. The van der Waals surface area contributed by atoms with Crippen LogP contribution in [0.15, 0.2) is 71.1 Å². The van der Waals surface area contributed by atoms with Gasteiger partial charge in [-0.2, -0.15) is 0 Å². The van der Waals surface area contributed by atoms with E-state index in [0.29, 0.717) is 11.6 Å². The number of thioether (sulfide) groups is 1. The minimum atomic E-state index is -0.412. The number of rotatable bonds is 9. The molecule has 5 nitrogen and oxygen atoms in total. The van der Waals surface area contributed by atoms with Crippen molar-refractivity contribution in [2.45, 2.75) is 36.3 Å². The van der Waals surface area contributed by atoms with E-state index >= 15 is 0 Å². The molecule has 1 unspecified atom stereocenters. The monoisotopic (exact) mass is 425 g/mol. The number of nitrogens with one attached hydrogen (secondary N) is 2. The molecule has 3 rings (SSSR count). The Labute approximate surface area is 179 Å². The van der Waals surface area contributed by atoms with Gasteiger partial charge in [0.15, 0.2) is 5.13 Å². The minimum absolute atomic E-state index is 0.0252. The van der Waals surface area contributed by atoms with Gasteiger partial charge in [0.25, 0.3) is 0 Å². The fraction of sp³-hybridized carbons (Fsp3) is 0.227. The van der Waals surface area contributed by atoms with Crippen molar-refractivity contribution in [1.29, 1.82) is 0 Å². The Morgan fingerprint density at radius 2 is 1.83 bits per heavy atom. The van der Waals surface area contributed by atoms with Crippen molar-refractivity contribution in [2.24, 2.45) is 0 Å². The van der Waals surface area contributed by atoms with Crippen LogP contribution in [-0.4, -0.2) is 16.8 Å². The summed E-state index contributed by atoms with van der Waals surface area (Å²) < 4.78 is 0. The van der Waals surface area contributed by atoms with E-state index in [1.807, 2.05) is 60.0 Å². The maximum absolute atomic E-state index is 12.9. The normalized spacial score (nSPS) is 11.6. The van der Waals surface area contributed by atoms with Crippen LogP contribution in [0.5, 0.6) is 0 Å². The number of hydrogen-bond acceptors (Lipinski definition) is 5. The smallest absolute Gasteiger partial charge is 0.244 e. The molecule has 0 bridgehead atoms. The molecule has 150 valence electrons. The van der Waals surface area contributed by atoms with Gasteiger partial charge < -0.3 is 10.6 Å². The Morgan fingerprint density at radius 1 is 1.07 bits per heavy atom. The number of anilines is 2. The molecule has 7 heteroatoms. The van der Waals surface area contributed by atoms with Crippen molar-refractivity contribution < 1.29 is 9.59 Å². The molecule has 0 aliphatic heterocycles. The van der Waals surface area contributed by atoms with Gasteiger partial charge in [-0.1, -0.05) is 43.7 Å². The van der Waals surface area contributed by atoms with E-state index < -0.39 is 5.25 Å². The van der Waals surface area contributed by atoms with Crippen molar-refractivity contribution >= 4 is 45.7 Å². The highest BCUT2D eigenvalue weighted by molar-refractivity contribution is 8.00. The topological polar surface area (TPSA) is 71.1 Å². The lowest BCUT2D eigenvalue weighted by Crippen LogP contribution is -2.18. The van der Waals surface area contributed by atoms with E-state index in [1.165, 1.54) is 23.1 Å². The van der Waals surface area contributed by atoms with Crippen LogP contribution in [0.3, 0.4) is 0 Å². The number of unbranched alkanes of at least 4 members (excludes halogenated alkanes) is 1. The minimum Gasteiger partial charge on any atom is -0.326 e. The number of benzene rings is 2. The van der Waals surface area contributed by atoms with Crippen LogP contribution in [0.2, 0.25) is 0 Å². The van der Waals surface area contributed by atoms with Crippen molar-refractivity contribution in [3.05, 3.63) is 71.7 Å². The number of aromatic nitrogens is 1. The summed E-state index contributed by atoms with van der Waals surface area (Å²) in [5.41, 5.74) is 1.68. The molecule has 0 fully saturated rings. The van der Waals surface area contributed by atoms with Gasteiger partial charge in [-0.25, -0.2) is 4.98 Å². The first kappa shape index (κ1) is 21.1. The lowest BCUT2D eigenvalue weighted by atomic mass is 10.1. The van der Waals surface area contributed by atoms with E-state index in [4.69, 9.17) is 0 Å². The van der Waals surface area contributed by atoms with Gasteiger partial charge in [0.2, 0.25) is 11.8 Å². The van der Waals surface area contributed by atoms with Gasteiger partial charge in [-0.3, -0.25) is 9.59 Å². The molecule has 2 aromatic carbocycles. The standard InChI is InChI=1S/C22H23N3O2S2/c1-2-3-9-19(26)24-17-10-12-18(13-11-17)29-20(16-7-5-4-6-8-16)21(27)25-22-23-14-15-28-22/h4-8,10-15,20H,2-3,9H2,1H3,(H,24,26)(H,23,25,27). The van der Waals surface area contributed by atoms with E-state index in [9.17, 15) is 9.59 Å². The van der Waals surface area contributed by atoms with E-state index in [2.05, 4.69) is 22.5 Å². The highest BCUT2D eigenvalue weighted by atomic mass is 32.2. The summed E-state index contributed by atoms with van der Waals surface area (Å²) in [6.45, 7) is 2.06. The van der Waals surface area contributed by atoms with Crippen molar-refractivity contribution in [1.82, 2.24) is 4.98 Å². The molecular weight excluding hydrogens is 402 g/mol. The molecular formula is C22H23N3O2S2. The van der Waals surface area contributed by atoms with Crippen LogP contribution < -0.4 is 10.6 Å². The Morgan fingerprint density at radius 3 is 2.48 bits per heavy atom. The first-order valence-corrected chi connectivity index (χ1v) is 11.2. The molecule has 1 heterocycles. The fourth-order valence-electron chi connectivity index (χ4n) is 2.67. The molecule has 1 atom stereocenters. The quantitative estimate of drug-likeness (QED) is 0.429. The second-order valence-corrected chi connectivity index (χ2v) is 8.48. The Hall–Kier alpha value is -2.64. The number of hydrogen-bond donors (Lipinski definition) is 2. The van der Waals surface area contributed by atoms with Crippen LogP contribution in [0, 0.1) is 0 Å². The summed E-state index contributed by atoms with van der Waals surface area (Å²) in [6, 6.07) is 17.3. The summed E-state index contributed by atoms with van der Waals surface area (Å²) in [5.74, 6) is -0.0923. The largest absolute Gasteiger partial charge is 0.326 e. The summed E-state index contributed by atoms with van der Waals surface area (Å²) in [5, 5.41) is 7.80. The zero-order chi connectivity index (χ0) is 20.5. The average Bonchev–Trinajstić information content (AvgIpc) is 3.25. The molecule has 0 saturated heterocycles. The number of nitrogens with zero attached hydrogens (tertiary/aromatic N) is 1. The van der Waals surface area contributed by atoms with Crippen LogP contribution >= 0.6 is 23.1 Å². The Balaban J connectivity index is 1.70. The lowest BCUT2D eigenvalue weighted by molar-refractivity contribution is -0.116. The molecule has 1 aromatic heterocycles. The van der Waals surface area contributed by atoms with Crippen LogP contribution in [-0.2, 0) is 9.59 Å². The van der Waals surface area contributed by atoms with Crippen molar-refractivity contribution in [3.63, 3.8) is 0 Å². The maximum atomic E-state index is 12.9. The maximum Gasteiger partial charge on any atom is 0.244 e. The summed E-state index contributed by atoms with van der Waals surface area (Å²) in [7, 11) is 0. The van der Waals surface area contributed by atoms with Gasteiger partial charge in [-0.05, 0) is 36.2 Å². The average molecular weight is 426 g/mol. The molecule has 29 heavy (non-hydrogen) atoms. The van der Waals surface area contributed by atoms with Crippen molar-refractivity contribution in [2.75, 3.05) is 10.6 Å². The van der Waals surface area contributed by atoms with Crippen molar-refractivity contribution in [3.8, 4) is 0 Å². The summed E-state index contributed by atoms with van der Waals surface area (Å²) in [6.07, 6.45) is 4.07. The second-order valence-electron chi connectivity index (χ2n) is 6.41. The van der Waals surface area contributed by atoms with E-state index in [-0.39, 0.29) is 11.8 Å². The molecule has 0 aliphatic rings. The third kappa shape index (κ3) is 6.44. The van der Waals surface area contributed by atoms with Crippen LogP contribution in [0.4, 0.5) is 10.8 Å². The molecule has 0 radical (unpaired) electrons. The second kappa shape index (κ2) is 10.8. The van der Waals surface area contributed by atoms with Gasteiger partial charge >= 0.3 is 0 Å². The van der Waals surface area contributed by atoms with E-state index in [0.717, 1.165) is 29.0 Å². The molecule has 2 amide bonds. The fourth-order valence-corrected chi connectivity index (χ4v) is 4.23. The lowest BCUT2D eigenvalue weighted by Gasteiger charge is -2.16. The SMILES string of the molecule is CCCCC(=O)Nc1ccc(SC(C(=O)Nc2nccs2)c2ccccc2)cc1. The van der Waals surface area contributed by atoms with E-state index in [1.54, 1.807) is 6.20 Å². The molecule has 2 N–H and O–H groups in total. The summed E-state index contributed by atoms with van der Waals surface area (Å²) in [4.78, 5) is 29.9. The molecule has 0 saturated carbocycles. The number of carbonyl (C=O) groups is 2. The number of carbonyl (C=O) groups excluding carboxylic acids is 2. The zero-order valence-electron chi connectivity index (χ0n) is 16.1. The first-order valence-electron chi connectivity index (χ1n) is 9.47. The highest BCUT2D eigenvalue weighted by Crippen LogP contribution is 2.36. The number of thiazole rings is 1. The highest BCUT2D eigenvalue weighted by Gasteiger charge is 2.22. The third-order valence-electron chi connectivity index (χ3n) is 4.15. The number of amides is 2. The van der Waals surface area contributed by atoms with Crippen LogP contribution in [0.1, 0.15) is 37.0 Å². The first-order chi connectivity index (χ1) is 14.2. The molecule has 0 spiro atoms. The van der Waals surface area contributed by atoms with Gasteiger partial charge in [0.05, 0.1) is 0 Å². The molecule has 0 aliphatic carbocycles. The van der Waals surface area contributed by atoms with Gasteiger partial charge in [-0.15, -0.1) is 23.1 Å². The Kier molecular flexibility index (Phi) is 7.84. The summed E-state index contributed by atoms with van der Waals surface area (Å²) >= 11 is 2.86. The van der Waals surface area contributed by atoms with Crippen LogP contribution in [0.25, 0.3) is 0 Å². The third-order valence-corrected chi connectivity index (χ3v) is 6.11. The van der Waals surface area contributed by atoms with Gasteiger partial charge in [0, 0.05) is 28.6 Å². The van der Waals surface area contributed by atoms with Gasteiger partial charge in [0.1, 0.15) is 5.25 Å². The molecule has 3 aromatic rings. The zero-order valence-corrected chi connectivity index (χ0v) is 17.8.